The van der Waals surface area contributed by atoms with Crippen LogP contribution in [-0.2, 0) is 11.2 Å². The smallest absolute Gasteiger partial charge is 0.237 e. The van der Waals surface area contributed by atoms with Crippen LogP contribution in [0.4, 0.5) is 4.39 Å². The van der Waals surface area contributed by atoms with Crippen LogP contribution >= 0.6 is 0 Å². The topological polar surface area (TPSA) is 52.6 Å². The second-order valence-corrected chi connectivity index (χ2v) is 9.41. The fourth-order valence-electron chi connectivity index (χ4n) is 5.75. The Kier molecular flexibility index (Phi) is 6.55. The van der Waals surface area contributed by atoms with Crippen LogP contribution in [0.2, 0.25) is 0 Å². The number of nitrogens with zero attached hydrogens (tertiary/aromatic N) is 1. The van der Waals surface area contributed by atoms with Crippen LogP contribution in [0.15, 0.2) is 18.2 Å². The van der Waals surface area contributed by atoms with Crippen LogP contribution in [0, 0.1) is 11.7 Å². The maximum atomic E-state index is 14.1. The highest BCUT2D eigenvalue weighted by Crippen LogP contribution is 2.42. The molecule has 1 amide bonds. The van der Waals surface area contributed by atoms with Crippen molar-refractivity contribution in [2.75, 3.05) is 19.6 Å². The largest absolute Gasteiger partial charge is 0.389 e. The normalized spacial score (nSPS) is 24.9. The monoisotopic (exact) mass is 402 g/mol. The minimum atomic E-state index is -0.668. The SMILES string of the molecule is O=C(CNCC1(O)CCCCC1)N1CCc2ccc(F)cc2C1C1CCCCC1. The molecule has 2 N–H and O–H groups in total. The molecule has 5 heteroatoms. The third kappa shape index (κ3) is 4.83. The summed E-state index contributed by atoms with van der Waals surface area (Å²) >= 11 is 0. The lowest BCUT2D eigenvalue weighted by Gasteiger charge is -2.43. The Balaban J connectivity index is 1.46. The third-order valence-corrected chi connectivity index (χ3v) is 7.32. The van der Waals surface area contributed by atoms with Crippen LogP contribution in [0.25, 0.3) is 0 Å². The Morgan fingerprint density at radius 3 is 2.62 bits per heavy atom. The van der Waals surface area contributed by atoms with Gasteiger partial charge in [-0.15, -0.1) is 0 Å². The van der Waals surface area contributed by atoms with Gasteiger partial charge in [-0.2, -0.15) is 0 Å². The number of fused-ring (bicyclic) bond motifs is 1. The van der Waals surface area contributed by atoms with Gasteiger partial charge in [-0.05, 0) is 61.3 Å². The summed E-state index contributed by atoms with van der Waals surface area (Å²) in [6.07, 6.45) is 11.6. The predicted molar refractivity (Wildman–Crippen MR) is 112 cm³/mol. The van der Waals surface area contributed by atoms with E-state index >= 15 is 0 Å². The van der Waals surface area contributed by atoms with Crippen molar-refractivity contribution in [2.45, 2.75) is 82.3 Å². The predicted octanol–water partition coefficient (Wildman–Crippen LogP) is 4.12. The average molecular weight is 403 g/mol. The number of carbonyl (C=O) groups is 1. The first-order valence-corrected chi connectivity index (χ1v) is 11.6. The minimum Gasteiger partial charge on any atom is -0.389 e. The van der Waals surface area contributed by atoms with Crippen molar-refractivity contribution in [3.8, 4) is 0 Å². The van der Waals surface area contributed by atoms with Crippen molar-refractivity contribution in [1.29, 1.82) is 0 Å². The standard InChI is InChI=1S/C24H35FN2O2/c25-20-10-9-18-11-14-27(23(21(18)15-20)19-7-3-1-4-8-19)22(28)16-26-17-24(29)12-5-2-6-13-24/h9-10,15,19,23,26,29H,1-8,11-14,16-17H2. The summed E-state index contributed by atoms with van der Waals surface area (Å²) in [5.74, 6) is 0.280. The summed E-state index contributed by atoms with van der Waals surface area (Å²) in [4.78, 5) is 15.2. The maximum absolute atomic E-state index is 14.1. The second-order valence-electron chi connectivity index (χ2n) is 9.41. The van der Waals surface area contributed by atoms with Gasteiger partial charge < -0.3 is 15.3 Å². The molecule has 3 aliphatic rings. The lowest BCUT2D eigenvalue weighted by Crippen LogP contribution is -2.49. The highest BCUT2D eigenvalue weighted by atomic mass is 19.1. The van der Waals surface area contributed by atoms with E-state index in [1.54, 1.807) is 12.1 Å². The Morgan fingerprint density at radius 1 is 1.14 bits per heavy atom. The van der Waals surface area contributed by atoms with E-state index in [2.05, 4.69) is 5.32 Å². The van der Waals surface area contributed by atoms with E-state index in [4.69, 9.17) is 0 Å². The zero-order chi connectivity index (χ0) is 20.3. The van der Waals surface area contributed by atoms with Gasteiger partial charge in [0.25, 0.3) is 0 Å². The Hall–Kier alpha value is -1.46. The highest BCUT2D eigenvalue weighted by Gasteiger charge is 2.37. The van der Waals surface area contributed by atoms with Crippen LogP contribution in [0.3, 0.4) is 0 Å². The molecule has 0 saturated heterocycles. The molecule has 0 bridgehead atoms. The van der Waals surface area contributed by atoms with Crippen LogP contribution in [0.1, 0.15) is 81.4 Å². The fraction of sp³-hybridized carbons (Fsp3) is 0.708. The number of aliphatic hydroxyl groups is 1. The molecule has 0 aromatic heterocycles. The molecule has 4 rings (SSSR count). The zero-order valence-electron chi connectivity index (χ0n) is 17.5. The van der Waals surface area contributed by atoms with Gasteiger partial charge in [-0.25, -0.2) is 4.39 Å². The molecule has 1 aromatic rings. The van der Waals surface area contributed by atoms with E-state index in [1.807, 2.05) is 11.0 Å². The third-order valence-electron chi connectivity index (χ3n) is 7.32. The summed E-state index contributed by atoms with van der Waals surface area (Å²) in [6.45, 7) is 1.42. The number of benzene rings is 1. The van der Waals surface area contributed by atoms with Gasteiger partial charge in [0.15, 0.2) is 0 Å². The van der Waals surface area contributed by atoms with Crippen molar-refractivity contribution < 1.29 is 14.3 Å². The molecule has 1 aliphatic heterocycles. The molecule has 1 aromatic carbocycles. The molecule has 2 fully saturated rings. The summed E-state index contributed by atoms with van der Waals surface area (Å²) in [5.41, 5.74) is 1.54. The van der Waals surface area contributed by atoms with Crippen molar-refractivity contribution in [2.24, 2.45) is 5.92 Å². The van der Waals surface area contributed by atoms with Gasteiger partial charge in [0.05, 0.1) is 18.2 Å². The summed E-state index contributed by atoms with van der Waals surface area (Å²) in [5, 5.41) is 13.9. The maximum Gasteiger partial charge on any atom is 0.237 e. The Labute approximate surface area is 173 Å². The number of hydrogen-bond donors (Lipinski definition) is 2. The number of carbonyl (C=O) groups excluding carboxylic acids is 1. The first-order chi connectivity index (χ1) is 14.1. The molecular weight excluding hydrogens is 367 g/mol. The number of amides is 1. The van der Waals surface area contributed by atoms with Gasteiger partial charge in [0, 0.05) is 13.1 Å². The summed E-state index contributed by atoms with van der Waals surface area (Å²) < 4.78 is 14.1. The van der Waals surface area contributed by atoms with E-state index < -0.39 is 5.60 Å². The first kappa shape index (κ1) is 20.8. The molecular formula is C24H35FN2O2. The van der Waals surface area contributed by atoms with Gasteiger partial charge in [0.2, 0.25) is 5.91 Å². The van der Waals surface area contributed by atoms with E-state index in [1.165, 1.54) is 31.2 Å². The van der Waals surface area contributed by atoms with Crippen molar-refractivity contribution in [1.82, 2.24) is 10.2 Å². The molecule has 0 radical (unpaired) electrons. The zero-order valence-corrected chi connectivity index (χ0v) is 17.5. The fourth-order valence-corrected chi connectivity index (χ4v) is 5.75. The van der Waals surface area contributed by atoms with Crippen LogP contribution in [-0.4, -0.2) is 41.1 Å². The van der Waals surface area contributed by atoms with E-state index in [9.17, 15) is 14.3 Å². The number of hydrogen-bond acceptors (Lipinski definition) is 3. The second kappa shape index (κ2) is 9.13. The van der Waals surface area contributed by atoms with E-state index in [0.29, 0.717) is 19.0 Å². The molecule has 160 valence electrons. The van der Waals surface area contributed by atoms with Crippen LogP contribution < -0.4 is 5.32 Å². The Morgan fingerprint density at radius 2 is 1.86 bits per heavy atom. The molecule has 1 atom stereocenters. The van der Waals surface area contributed by atoms with Crippen LogP contribution in [0.5, 0.6) is 0 Å². The molecule has 2 saturated carbocycles. The van der Waals surface area contributed by atoms with Crippen molar-refractivity contribution in [3.05, 3.63) is 35.1 Å². The number of halogens is 1. The number of rotatable bonds is 5. The molecule has 29 heavy (non-hydrogen) atoms. The van der Waals surface area contributed by atoms with E-state index in [0.717, 1.165) is 50.5 Å². The van der Waals surface area contributed by atoms with Gasteiger partial charge in [-0.1, -0.05) is 44.6 Å². The lowest BCUT2D eigenvalue weighted by atomic mass is 9.77. The summed E-state index contributed by atoms with van der Waals surface area (Å²) in [7, 11) is 0. The van der Waals surface area contributed by atoms with Gasteiger partial charge >= 0.3 is 0 Å². The quantitative estimate of drug-likeness (QED) is 0.779. The van der Waals surface area contributed by atoms with Crippen molar-refractivity contribution >= 4 is 5.91 Å². The van der Waals surface area contributed by atoms with Gasteiger partial charge in [-0.3, -0.25) is 4.79 Å². The molecule has 4 nitrogen and oxygen atoms in total. The molecule has 1 unspecified atom stereocenters. The first-order valence-electron chi connectivity index (χ1n) is 11.6. The number of nitrogens with one attached hydrogen (secondary N) is 1. The van der Waals surface area contributed by atoms with E-state index in [-0.39, 0.29) is 24.3 Å². The highest BCUT2D eigenvalue weighted by molar-refractivity contribution is 5.79. The van der Waals surface area contributed by atoms with Gasteiger partial charge in [0.1, 0.15) is 5.82 Å². The minimum absolute atomic E-state index is 0.0122. The summed E-state index contributed by atoms with van der Waals surface area (Å²) in [6, 6.07) is 5.09. The lowest BCUT2D eigenvalue weighted by molar-refractivity contribution is -0.135. The Bertz CT molecular complexity index is 711. The average Bonchev–Trinajstić information content (AvgIpc) is 2.73. The molecule has 0 spiro atoms. The molecule has 2 aliphatic carbocycles. The molecule has 1 heterocycles. The van der Waals surface area contributed by atoms with Crippen molar-refractivity contribution in [3.63, 3.8) is 0 Å².